The van der Waals surface area contributed by atoms with E-state index in [1.54, 1.807) is 42.3 Å². The zero-order valence-corrected chi connectivity index (χ0v) is 17.0. The van der Waals surface area contributed by atoms with Gasteiger partial charge in [-0.2, -0.15) is 4.98 Å². The quantitative estimate of drug-likeness (QED) is 0.610. The SMILES string of the molecule is CNC(=O)c1cccc(-c2noc(C3CN(C(=O)CSc4ccc(F)cc4)C3)n2)c1. The highest BCUT2D eigenvalue weighted by Gasteiger charge is 2.35. The average Bonchev–Trinajstić information content (AvgIpc) is 3.21. The molecule has 9 heteroatoms. The van der Waals surface area contributed by atoms with Gasteiger partial charge in [-0.15, -0.1) is 11.8 Å². The Hall–Kier alpha value is -3.20. The lowest BCUT2D eigenvalue weighted by molar-refractivity contribution is -0.133. The Labute approximate surface area is 176 Å². The van der Waals surface area contributed by atoms with Crippen molar-refractivity contribution in [2.45, 2.75) is 10.8 Å². The van der Waals surface area contributed by atoms with Crippen LogP contribution in [0, 0.1) is 5.82 Å². The van der Waals surface area contributed by atoms with Crippen LogP contribution in [0.1, 0.15) is 22.2 Å². The molecule has 1 aromatic heterocycles. The predicted molar refractivity (Wildman–Crippen MR) is 110 cm³/mol. The van der Waals surface area contributed by atoms with E-state index < -0.39 is 0 Å². The molecule has 0 radical (unpaired) electrons. The third-order valence-corrected chi connectivity index (χ3v) is 5.81. The molecule has 2 aromatic carbocycles. The van der Waals surface area contributed by atoms with Crippen LogP contribution in [-0.2, 0) is 4.79 Å². The molecule has 0 aliphatic carbocycles. The molecule has 1 aliphatic rings. The monoisotopic (exact) mass is 426 g/mol. The van der Waals surface area contributed by atoms with Gasteiger partial charge in [0.25, 0.3) is 5.91 Å². The number of carbonyl (C=O) groups is 2. The Bertz CT molecular complexity index is 1060. The number of amides is 2. The summed E-state index contributed by atoms with van der Waals surface area (Å²) in [7, 11) is 1.57. The smallest absolute Gasteiger partial charge is 0.251 e. The van der Waals surface area contributed by atoms with Gasteiger partial charge in [-0.25, -0.2) is 4.39 Å². The van der Waals surface area contributed by atoms with Gasteiger partial charge in [0.1, 0.15) is 5.82 Å². The minimum Gasteiger partial charge on any atom is -0.355 e. The summed E-state index contributed by atoms with van der Waals surface area (Å²) in [5.74, 6) is 0.701. The minimum atomic E-state index is -0.296. The maximum absolute atomic E-state index is 12.9. The highest BCUT2D eigenvalue weighted by Crippen LogP contribution is 2.29. The lowest BCUT2D eigenvalue weighted by Crippen LogP contribution is -2.49. The van der Waals surface area contributed by atoms with Gasteiger partial charge in [0.05, 0.1) is 11.7 Å². The van der Waals surface area contributed by atoms with Crippen LogP contribution in [0.15, 0.2) is 57.9 Å². The van der Waals surface area contributed by atoms with Crippen molar-refractivity contribution < 1.29 is 18.5 Å². The Morgan fingerprint density at radius 3 is 2.73 bits per heavy atom. The van der Waals surface area contributed by atoms with Crippen LogP contribution < -0.4 is 5.32 Å². The number of nitrogens with zero attached hydrogens (tertiary/aromatic N) is 3. The zero-order valence-electron chi connectivity index (χ0n) is 16.2. The van der Waals surface area contributed by atoms with Gasteiger partial charge in [0.2, 0.25) is 17.6 Å². The fourth-order valence-corrected chi connectivity index (χ4v) is 3.87. The Kier molecular flexibility index (Phi) is 5.80. The lowest BCUT2D eigenvalue weighted by atomic mass is 10.0. The second-order valence-corrected chi connectivity index (χ2v) is 7.90. The molecular weight excluding hydrogens is 407 g/mol. The number of rotatable bonds is 6. The summed E-state index contributed by atoms with van der Waals surface area (Å²) in [6.07, 6.45) is 0. The predicted octanol–water partition coefficient (Wildman–Crippen LogP) is 2.95. The van der Waals surface area contributed by atoms with E-state index in [0.717, 1.165) is 4.90 Å². The molecule has 0 atom stereocenters. The number of carbonyl (C=O) groups excluding carboxylic acids is 2. The second-order valence-electron chi connectivity index (χ2n) is 6.85. The Morgan fingerprint density at radius 2 is 2.00 bits per heavy atom. The van der Waals surface area contributed by atoms with E-state index in [1.807, 2.05) is 6.07 Å². The highest BCUT2D eigenvalue weighted by molar-refractivity contribution is 8.00. The topological polar surface area (TPSA) is 88.3 Å². The summed E-state index contributed by atoms with van der Waals surface area (Å²) in [4.78, 5) is 31.1. The molecule has 4 rings (SSSR count). The number of likely N-dealkylation sites (tertiary alicyclic amines) is 1. The van der Waals surface area contributed by atoms with E-state index in [1.165, 1.54) is 23.9 Å². The minimum absolute atomic E-state index is 0.00635. The molecule has 1 N–H and O–H groups in total. The van der Waals surface area contributed by atoms with E-state index in [-0.39, 0.29) is 23.5 Å². The number of thioether (sulfide) groups is 1. The summed E-state index contributed by atoms with van der Waals surface area (Å²) in [5, 5.41) is 6.59. The van der Waals surface area contributed by atoms with Crippen molar-refractivity contribution in [1.29, 1.82) is 0 Å². The van der Waals surface area contributed by atoms with Crippen LogP contribution in [0.5, 0.6) is 0 Å². The molecule has 0 unspecified atom stereocenters. The average molecular weight is 426 g/mol. The molecule has 154 valence electrons. The van der Waals surface area contributed by atoms with E-state index in [9.17, 15) is 14.0 Å². The zero-order chi connectivity index (χ0) is 21.1. The summed E-state index contributed by atoms with van der Waals surface area (Å²) in [6.45, 7) is 1.03. The van der Waals surface area contributed by atoms with E-state index in [0.29, 0.717) is 41.7 Å². The van der Waals surface area contributed by atoms with Crippen molar-refractivity contribution in [3.8, 4) is 11.4 Å². The first-order chi connectivity index (χ1) is 14.5. The third-order valence-electron chi connectivity index (χ3n) is 4.81. The van der Waals surface area contributed by atoms with Gasteiger partial charge < -0.3 is 14.7 Å². The molecule has 0 saturated carbocycles. The summed E-state index contributed by atoms with van der Waals surface area (Å²) >= 11 is 1.38. The van der Waals surface area contributed by atoms with Crippen molar-refractivity contribution in [2.24, 2.45) is 0 Å². The van der Waals surface area contributed by atoms with Gasteiger partial charge in [0.15, 0.2) is 0 Å². The van der Waals surface area contributed by atoms with Gasteiger partial charge in [-0.05, 0) is 36.4 Å². The number of hydrogen-bond donors (Lipinski definition) is 1. The number of halogens is 1. The number of aromatic nitrogens is 2. The van der Waals surface area contributed by atoms with Crippen molar-refractivity contribution in [3.05, 3.63) is 65.8 Å². The number of benzene rings is 2. The highest BCUT2D eigenvalue weighted by atomic mass is 32.2. The number of hydrogen-bond acceptors (Lipinski definition) is 6. The summed E-state index contributed by atoms with van der Waals surface area (Å²) < 4.78 is 18.3. The summed E-state index contributed by atoms with van der Waals surface area (Å²) in [6, 6.07) is 13.1. The molecule has 7 nitrogen and oxygen atoms in total. The maximum Gasteiger partial charge on any atom is 0.251 e. The molecule has 1 saturated heterocycles. The van der Waals surface area contributed by atoms with Crippen molar-refractivity contribution in [2.75, 3.05) is 25.9 Å². The van der Waals surface area contributed by atoms with Crippen LogP contribution in [0.25, 0.3) is 11.4 Å². The van der Waals surface area contributed by atoms with E-state index in [2.05, 4.69) is 15.5 Å². The van der Waals surface area contributed by atoms with Gasteiger partial charge in [-0.3, -0.25) is 9.59 Å². The normalized spacial score (nSPS) is 13.7. The maximum atomic E-state index is 12.9. The van der Waals surface area contributed by atoms with Crippen LogP contribution in [0.2, 0.25) is 0 Å². The first-order valence-electron chi connectivity index (χ1n) is 9.36. The van der Waals surface area contributed by atoms with E-state index >= 15 is 0 Å². The molecule has 30 heavy (non-hydrogen) atoms. The van der Waals surface area contributed by atoms with Gasteiger partial charge >= 0.3 is 0 Å². The van der Waals surface area contributed by atoms with Crippen molar-refractivity contribution in [1.82, 2.24) is 20.4 Å². The molecule has 0 spiro atoms. The molecule has 3 aromatic rings. The van der Waals surface area contributed by atoms with Crippen LogP contribution in [0.4, 0.5) is 4.39 Å². The fraction of sp³-hybridized carbons (Fsp3) is 0.238. The van der Waals surface area contributed by atoms with Crippen LogP contribution >= 0.6 is 11.8 Å². The summed E-state index contributed by atoms with van der Waals surface area (Å²) in [5.41, 5.74) is 1.20. The van der Waals surface area contributed by atoms with Gasteiger partial charge in [-0.1, -0.05) is 17.3 Å². The molecule has 1 fully saturated rings. The second kappa shape index (κ2) is 8.66. The van der Waals surface area contributed by atoms with Crippen molar-refractivity contribution >= 4 is 23.6 Å². The molecule has 2 amide bonds. The largest absolute Gasteiger partial charge is 0.355 e. The van der Waals surface area contributed by atoms with Crippen LogP contribution in [-0.4, -0.2) is 52.7 Å². The molecule has 0 bridgehead atoms. The first-order valence-corrected chi connectivity index (χ1v) is 10.3. The fourth-order valence-electron chi connectivity index (χ4n) is 3.07. The first kappa shape index (κ1) is 20.1. The lowest BCUT2D eigenvalue weighted by Gasteiger charge is -2.37. The molecular formula is C21H19FN4O3S. The van der Waals surface area contributed by atoms with Crippen LogP contribution in [0.3, 0.4) is 0 Å². The third kappa shape index (κ3) is 4.35. The molecule has 1 aliphatic heterocycles. The Morgan fingerprint density at radius 1 is 1.23 bits per heavy atom. The number of nitrogens with one attached hydrogen (secondary N) is 1. The Balaban J connectivity index is 1.32. The standard InChI is InChI=1S/C21H19FN4O3S/c1-23-20(28)14-4-2-3-13(9-14)19-24-21(29-25-19)15-10-26(11-15)18(27)12-30-17-7-5-16(22)6-8-17/h2-9,15H,10-12H2,1H3,(H,23,28). The van der Waals surface area contributed by atoms with Crippen molar-refractivity contribution in [3.63, 3.8) is 0 Å². The van der Waals surface area contributed by atoms with Gasteiger partial charge in [0, 0.05) is 36.2 Å². The molecule has 2 heterocycles. The van der Waals surface area contributed by atoms with E-state index in [4.69, 9.17) is 4.52 Å².